The van der Waals surface area contributed by atoms with Crippen LogP contribution in [0.4, 0.5) is 11.4 Å². The molecule has 0 saturated carbocycles. The minimum atomic E-state index is -1.13. The number of benzene rings is 1. The molecule has 104 valence electrons. The molecule has 19 heavy (non-hydrogen) atoms. The first kappa shape index (κ1) is 14.9. The summed E-state index contributed by atoms with van der Waals surface area (Å²) < 4.78 is 5.29. The lowest BCUT2D eigenvalue weighted by Gasteiger charge is -2.10. The van der Waals surface area contributed by atoms with E-state index < -0.39 is 10.9 Å². The van der Waals surface area contributed by atoms with Gasteiger partial charge in [-0.05, 0) is 26.0 Å². The van der Waals surface area contributed by atoms with E-state index in [1.54, 1.807) is 0 Å². The van der Waals surface area contributed by atoms with E-state index in [4.69, 9.17) is 9.84 Å². The van der Waals surface area contributed by atoms with Gasteiger partial charge in [0.15, 0.2) is 0 Å². The van der Waals surface area contributed by atoms with Crippen molar-refractivity contribution in [3.05, 3.63) is 33.9 Å². The van der Waals surface area contributed by atoms with Crippen LogP contribution in [0.1, 0.15) is 24.2 Å². The number of nitro benzene ring substituents is 1. The van der Waals surface area contributed by atoms with Crippen molar-refractivity contribution in [1.82, 2.24) is 0 Å². The van der Waals surface area contributed by atoms with E-state index in [1.807, 2.05) is 13.8 Å². The van der Waals surface area contributed by atoms with Crippen molar-refractivity contribution in [2.45, 2.75) is 20.0 Å². The molecule has 0 aromatic heterocycles. The molecule has 1 aromatic carbocycles. The molecule has 7 heteroatoms. The van der Waals surface area contributed by atoms with Crippen molar-refractivity contribution in [3.63, 3.8) is 0 Å². The molecule has 0 fully saturated rings. The number of anilines is 1. The van der Waals surface area contributed by atoms with Gasteiger partial charge in [-0.15, -0.1) is 0 Å². The highest BCUT2D eigenvalue weighted by Crippen LogP contribution is 2.25. The molecule has 0 unspecified atom stereocenters. The fourth-order valence-electron chi connectivity index (χ4n) is 1.45. The van der Waals surface area contributed by atoms with Crippen molar-refractivity contribution in [1.29, 1.82) is 0 Å². The van der Waals surface area contributed by atoms with Crippen LogP contribution in [-0.4, -0.2) is 35.3 Å². The first-order valence-corrected chi connectivity index (χ1v) is 5.79. The predicted octanol–water partition coefficient (Wildman–Crippen LogP) is 2.13. The number of ether oxygens (including phenoxy) is 1. The Morgan fingerprint density at radius 1 is 1.53 bits per heavy atom. The number of hydrogen-bond acceptors (Lipinski definition) is 5. The lowest BCUT2D eigenvalue weighted by molar-refractivity contribution is -0.384. The van der Waals surface area contributed by atoms with Gasteiger partial charge in [-0.1, -0.05) is 0 Å². The Morgan fingerprint density at radius 3 is 2.74 bits per heavy atom. The molecule has 0 bridgehead atoms. The lowest BCUT2D eigenvalue weighted by Crippen LogP contribution is -2.14. The van der Waals surface area contributed by atoms with Gasteiger partial charge in [-0.3, -0.25) is 10.1 Å². The number of nitro groups is 1. The lowest BCUT2D eigenvalue weighted by atomic mass is 10.1. The molecule has 1 aromatic rings. The summed E-state index contributed by atoms with van der Waals surface area (Å²) in [5.74, 6) is -1.13. The molecule has 2 N–H and O–H groups in total. The maximum absolute atomic E-state index is 10.8. The van der Waals surface area contributed by atoms with Crippen molar-refractivity contribution in [2.75, 3.05) is 18.5 Å². The second-order valence-electron chi connectivity index (χ2n) is 4.14. The normalized spacial score (nSPS) is 10.5. The van der Waals surface area contributed by atoms with Gasteiger partial charge in [0, 0.05) is 12.6 Å². The number of rotatable bonds is 7. The molecule has 0 spiro atoms. The summed E-state index contributed by atoms with van der Waals surface area (Å²) >= 11 is 0. The number of carbonyl (C=O) groups is 1. The van der Waals surface area contributed by atoms with Crippen LogP contribution in [0, 0.1) is 10.1 Å². The fraction of sp³-hybridized carbons (Fsp3) is 0.417. The third kappa shape index (κ3) is 4.55. The van der Waals surface area contributed by atoms with Gasteiger partial charge in [0.1, 0.15) is 5.69 Å². The number of nitrogens with zero attached hydrogens (tertiary/aromatic N) is 1. The van der Waals surface area contributed by atoms with Gasteiger partial charge in [-0.2, -0.15) is 0 Å². The van der Waals surface area contributed by atoms with Gasteiger partial charge < -0.3 is 15.2 Å². The van der Waals surface area contributed by atoms with E-state index >= 15 is 0 Å². The van der Waals surface area contributed by atoms with E-state index in [2.05, 4.69) is 5.32 Å². The Morgan fingerprint density at radius 2 is 2.21 bits per heavy atom. The fourth-order valence-corrected chi connectivity index (χ4v) is 1.45. The van der Waals surface area contributed by atoms with Crippen LogP contribution in [-0.2, 0) is 4.74 Å². The van der Waals surface area contributed by atoms with Crippen molar-refractivity contribution in [3.8, 4) is 0 Å². The van der Waals surface area contributed by atoms with Crippen molar-refractivity contribution in [2.24, 2.45) is 0 Å². The largest absolute Gasteiger partial charge is 0.478 e. The minimum Gasteiger partial charge on any atom is -0.478 e. The number of nitrogens with one attached hydrogen (secondary N) is 1. The summed E-state index contributed by atoms with van der Waals surface area (Å²) in [5, 5.41) is 22.5. The SMILES string of the molecule is CC(C)OCCNc1cc(C(=O)O)ccc1[N+](=O)[O-]. The van der Waals surface area contributed by atoms with Gasteiger partial charge in [0.25, 0.3) is 5.69 Å². The maximum Gasteiger partial charge on any atom is 0.335 e. The van der Waals surface area contributed by atoms with Gasteiger partial charge >= 0.3 is 5.97 Å². The van der Waals surface area contributed by atoms with Crippen LogP contribution < -0.4 is 5.32 Å². The zero-order valence-electron chi connectivity index (χ0n) is 10.8. The smallest absolute Gasteiger partial charge is 0.335 e. The van der Waals surface area contributed by atoms with Crippen molar-refractivity contribution >= 4 is 17.3 Å². The topological polar surface area (TPSA) is 102 Å². The van der Waals surface area contributed by atoms with E-state index in [9.17, 15) is 14.9 Å². The van der Waals surface area contributed by atoms with Crippen LogP contribution >= 0.6 is 0 Å². The minimum absolute atomic E-state index is 0.00196. The Labute approximate surface area is 110 Å². The summed E-state index contributed by atoms with van der Waals surface area (Å²) in [6.07, 6.45) is 0.0714. The molecule has 7 nitrogen and oxygen atoms in total. The zero-order valence-corrected chi connectivity index (χ0v) is 10.8. The van der Waals surface area contributed by atoms with E-state index in [-0.39, 0.29) is 23.0 Å². The number of hydrogen-bond donors (Lipinski definition) is 2. The second-order valence-corrected chi connectivity index (χ2v) is 4.14. The molecule has 0 saturated heterocycles. The number of carboxylic acids is 1. The standard InChI is InChI=1S/C12H16N2O5/c1-8(2)19-6-5-13-10-7-9(12(15)16)3-4-11(10)14(17)18/h3-4,7-8,13H,5-6H2,1-2H3,(H,15,16). The second kappa shape index (κ2) is 6.69. The molecule has 0 amide bonds. The highest BCUT2D eigenvalue weighted by molar-refractivity contribution is 5.90. The number of carboxylic acid groups (broad SMARTS) is 1. The van der Waals surface area contributed by atoms with Crippen LogP contribution in [0.3, 0.4) is 0 Å². The highest BCUT2D eigenvalue weighted by atomic mass is 16.6. The van der Waals surface area contributed by atoms with Crippen molar-refractivity contribution < 1.29 is 19.6 Å². The predicted molar refractivity (Wildman–Crippen MR) is 69.6 cm³/mol. The Balaban J connectivity index is 2.80. The summed E-state index contributed by atoms with van der Waals surface area (Å²) in [7, 11) is 0. The molecule has 1 rings (SSSR count). The molecular weight excluding hydrogens is 252 g/mol. The van der Waals surface area contributed by atoms with Crippen LogP contribution in [0.5, 0.6) is 0 Å². The van der Waals surface area contributed by atoms with E-state index in [0.29, 0.717) is 13.2 Å². The van der Waals surface area contributed by atoms with E-state index in [0.717, 1.165) is 0 Å². The molecule has 0 aliphatic rings. The Hall–Kier alpha value is -2.15. The molecule has 0 heterocycles. The summed E-state index contributed by atoms with van der Waals surface area (Å²) in [6.45, 7) is 4.51. The molecular formula is C12H16N2O5. The Bertz CT molecular complexity index is 473. The average molecular weight is 268 g/mol. The first-order valence-electron chi connectivity index (χ1n) is 5.79. The van der Waals surface area contributed by atoms with E-state index in [1.165, 1.54) is 18.2 Å². The molecule has 0 radical (unpaired) electrons. The van der Waals surface area contributed by atoms with Gasteiger partial charge in [0.2, 0.25) is 0 Å². The summed E-state index contributed by atoms with van der Waals surface area (Å²) in [5.41, 5.74) is 0.0182. The first-order chi connectivity index (χ1) is 8.91. The van der Waals surface area contributed by atoms with Gasteiger partial charge in [-0.25, -0.2) is 4.79 Å². The summed E-state index contributed by atoms with van der Waals surface area (Å²) in [6, 6.07) is 3.63. The molecule has 0 atom stereocenters. The average Bonchev–Trinajstić information content (AvgIpc) is 2.33. The molecule has 0 aliphatic heterocycles. The zero-order chi connectivity index (χ0) is 14.4. The maximum atomic E-state index is 10.8. The van der Waals surface area contributed by atoms with Gasteiger partial charge in [0.05, 0.1) is 23.2 Å². The van der Waals surface area contributed by atoms with Crippen LogP contribution in [0.25, 0.3) is 0 Å². The molecule has 0 aliphatic carbocycles. The van der Waals surface area contributed by atoms with Crippen LogP contribution in [0.15, 0.2) is 18.2 Å². The quantitative estimate of drug-likeness (QED) is 0.446. The summed E-state index contributed by atoms with van der Waals surface area (Å²) in [4.78, 5) is 21.1. The number of aromatic carboxylic acids is 1. The third-order valence-corrected chi connectivity index (χ3v) is 2.31. The third-order valence-electron chi connectivity index (χ3n) is 2.31. The van der Waals surface area contributed by atoms with Crippen LogP contribution in [0.2, 0.25) is 0 Å². The monoisotopic (exact) mass is 268 g/mol. The Kier molecular flexibility index (Phi) is 5.25. The highest BCUT2D eigenvalue weighted by Gasteiger charge is 2.16.